The van der Waals surface area contributed by atoms with E-state index in [1.807, 2.05) is 23.1 Å². The van der Waals surface area contributed by atoms with Crippen molar-refractivity contribution in [1.29, 1.82) is 0 Å². The fraction of sp³-hybridized carbons (Fsp3) is 0.500. The van der Waals surface area contributed by atoms with E-state index < -0.39 is 0 Å². The van der Waals surface area contributed by atoms with Crippen molar-refractivity contribution >= 4 is 16.9 Å². The molecule has 2 aromatic rings. The Hall–Kier alpha value is -2.34. The summed E-state index contributed by atoms with van der Waals surface area (Å²) in [5, 5.41) is 9.71. The number of imidazole rings is 1. The van der Waals surface area contributed by atoms with Crippen molar-refractivity contribution in [3.05, 3.63) is 46.4 Å². The Bertz CT molecular complexity index is 903. The number of hydrogen-bond donors (Lipinski definition) is 2. The van der Waals surface area contributed by atoms with Crippen LogP contribution in [0.25, 0.3) is 11.0 Å². The highest BCUT2D eigenvalue weighted by Gasteiger charge is 2.26. The molecule has 2 N–H and O–H groups in total. The fourth-order valence-corrected chi connectivity index (χ4v) is 4.27. The summed E-state index contributed by atoms with van der Waals surface area (Å²) in [6.07, 6.45) is 7.79. The van der Waals surface area contributed by atoms with Crippen molar-refractivity contribution in [2.24, 2.45) is 0 Å². The zero-order valence-corrected chi connectivity index (χ0v) is 15.0. The predicted molar refractivity (Wildman–Crippen MR) is 100 cm³/mol. The number of benzene rings is 1. The lowest BCUT2D eigenvalue weighted by atomic mass is 9.93. The SMILES string of the molecule is CCC1C=CCN1C(=O)c1ccc2c(c1)[nH]c(=O)n2C1CCC(O)CC1. The number of nitrogens with one attached hydrogen (secondary N) is 1. The second-order valence-electron chi connectivity index (χ2n) is 7.36. The van der Waals surface area contributed by atoms with E-state index in [-0.39, 0.29) is 29.8 Å². The van der Waals surface area contributed by atoms with Crippen LogP contribution in [0.4, 0.5) is 0 Å². The highest BCUT2D eigenvalue weighted by molar-refractivity contribution is 5.98. The second-order valence-corrected chi connectivity index (χ2v) is 7.36. The van der Waals surface area contributed by atoms with Gasteiger partial charge in [-0.15, -0.1) is 0 Å². The Balaban J connectivity index is 1.65. The maximum atomic E-state index is 12.8. The summed E-state index contributed by atoms with van der Waals surface area (Å²) in [6.45, 7) is 2.71. The van der Waals surface area contributed by atoms with Gasteiger partial charge in [0.1, 0.15) is 0 Å². The molecule has 26 heavy (non-hydrogen) atoms. The Morgan fingerprint density at radius 2 is 2.04 bits per heavy atom. The van der Waals surface area contributed by atoms with Crippen molar-refractivity contribution in [3.8, 4) is 0 Å². The molecule has 1 aromatic carbocycles. The summed E-state index contributed by atoms with van der Waals surface area (Å²) in [4.78, 5) is 30.1. The first-order chi connectivity index (χ1) is 12.6. The number of H-pyrrole nitrogens is 1. The third-order valence-electron chi connectivity index (χ3n) is 5.73. The van der Waals surface area contributed by atoms with Gasteiger partial charge in [-0.3, -0.25) is 9.36 Å². The van der Waals surface area contributed by atoms with E-state index in [1.165, 1.54) is 0 Å². The Labute approximate surface area is 152 Å². The molecule has 6 nitrogen and oxygen atoms in total. The molecule has 0 radical (unpaired) electrons. The molecule has 1 saturated carbocycles. The second kappa shape index (κ2) is 6.76. The normalized spacial score (nSPS) is 25.9. The summed E-state index contributed by atoms with van der Waals surface area (Å²) in [5.74, 6) is -0.00172. The number of aliphatic hydroxyl groups excluding tert-OH is 1. The van der Waals surface area contributed by atoms with Crippen LogP contribution in [0.3, 0.4) is 0 Å². The van der Waals surface area contributed by atoms with E-state index in [9.17, 15) is 14.7 Å². The highest BCUT2D eigenvalue weighted by atomic mass is 16.3. The number of nitrogens with zero attached hydrogens (tertiary/aromatic N) is 2. The van der Waals surface area contributed by atoms with Crippen LogP contribution < -0.4 is 5.69 Å². The van der Waals surface area contributed by atoms with Crippen LogP contribution in [-0.2, 0) is 0 Å². The van der Waals surface area contributed by atoms with Crippen molar-refractivity contribution < 1.29 is 9.90 Å². The minimum Gasteiger partial charge on any atom is -0.393 e. The van der Waals surface area contributed by atoms with Gasteiger partial charge in [0.25, 0.3) is 5.91 Å². The topological polar surface area (TPSA) is 78.3 Å². The zero-order valence-electron chi connectivity index (χ0n) is 15.0. The minimum absolute atomic E-state index is 0.00172. The van der Waals surface area contributed by atoms with Crippen molar-refractivity contribution in [2.45, 2.75) is 57.2 Å². The van der Waals surface area contributed by atoms with Gasteiger partial charge in [-0.2, -0.15) is 0 Å². The molecule has 1 unspecified atom stereocenters. The molecule has 0 saturated heterocycles. The van der Waals surface area contributed by atoms with E-state index in [0.717, 1.165) is 37.6 Å². The highest BCUT2D eigenvalue weighted by Crippen LogP contribution is 2.30. The van der Waals surface area contributed by atoms with Gasteiger partial charge in [-0.25, -0.2) is 4.79 Å². The number of fused-ring (bicyclic) bond motifs is 1. The van der Waals surface area contributed by atoms with Crippen LogP contribution in [-0.4, -0.2) is 44.2 Å². The molecule has 2 heterocycles. The van der Waals surface area contributed by atoms with Crippen molar-refractivity contribution in [1.82, 2.24) is 14.5 Å². The van der Waals surface area contributed by atoms with Crippen LogP contribution in [0.2, 0.25) is 0 Å². The smallest absolute Gasteiger partial charge is 0.326 e. The Morgan fingerprint density at radius 3 is 2.77 bits per heavy atom. The molecule has 1 amide bonds. The van der Waals surface area contributed by atoms with Gasteiger partial charge in [0.2, 0.25) is 0 Å². The standard InChI is InChI=1S/C20H25N3O3/c1-2-14-4-3-11-22(14)19(25)13-5-10-18-17(12-13)21-20(26)23(18)15-6-8-16(24)9-7-15/h3-5,10,12,14-16,24H,2,6-9,11H2,1H3,(H,21,26). The lowest BCUT2D eigenvalue weighted by Crippen LogP contribution is -2.35. The third-order valence-corrected chi connectivity index (χ3v) is 5.73. The number of aromatic amines is 1. The van der Waals surface area contributed by atoms with Gasteiger partial charge >= 0.3 is 5.69 Å². The zero-order chi connectivity index (χ0) is 18.3. The average molecular weight is 355 g/mol. The number of aliphatic hydroxyl groups is 1. The van der Waals surface area contributed by atoms with Crippen LogP contribution >= 0.6 is 0 Å². The first-order valence-corrected chi connectivity index (χ1v) is 9.48. The number of rotatable bonds is 3. The van der Waals surface area contributed by atoms with E-state index in [2.05, 4.69) is 18.0 Å². The monoisotopic (exact) mass is 355 g/mol. The van der Waals surface area contributed by atoms with Crippen LogP contribution in [0.1, 0.15) is 55.4 Å². The third kappa shape index (κ3) is 2.88. The summed E-state index contributed by atoms with van der Waals surface area (Å²) < 4.78 is 1.79. The van der Waals surface area contributed by atoms with E-state index in [4.69, 9.17) is 0 Å². The molecule has 1 atom stereocenters. The Morgan fingerprint density at radius 1 is 1.27 bits per heavy atom. The van der Waals surface area contributed by atoms with Crippen LogP contribution in [0.5, 0.6) is 0 Å². The number of aromatic nitrogens is 2. The molecule has 1 aliphatic carbocycles. The molecule has 138 valence electrons. The summed E-state index contributed by atoms with van der Waals surface area (Å²) in [7, 11) is 0. The largest absolute Gasteiger partial charge is 0.393 e. The fourth-order valence-electron chi connectivity index (χ4n) is 4.27. The maximum absolute atomic E-state index is 12.8. The van der Waals surface area contributed by atoms with Gasteiger partial charge in [-0.05, 0) is 50.3 Å². The van der Waals surface area contributed by atoms with E-state index in [0.29, 0.717) is 17.6 Å². The number of carbonyl (C=O) groups excluding carboxylic acids is 1. The molecule has 6 heteroatoms. The first-order valence-electron chi connectivity index (χ1n) is 9.48. The molecular weight excluding hydrogens is 330 g/mol. The van der Waals surface area contributed by atoms with Gasteiger partial charge < -0.3 is 15.0 Å². The number of hydrogen-bond acceptors (Lipinski definition) is 3. The van der Waals surface area contributed by atoms with Crippen LogP contribution in [0.15, 0.2) is 35.1 Å². The lowest BCUT2D eigenvalue weighted by Gasteiger charge is -2.26. The summed E-state index contributed by atoms with van der Waals surface area (Å²) >= 11 is 0. The van der Waals surface area contributed by atoms with E-state index in [1.54, 1.807) is 10.6 Å². The maximum Gasteiger partial charge on any atom is 0.326 e. The average Bonchev–Trinajstić information content (AvgIpc) is 3.24. The first kappa shape index (κ1) is 17.1. The van der Waals surface area contributed by atoms with Crippen LogP contribution in [0, 0.1) is 0 Å². The summed E-state index contributed by atoms with van der Waals surface area (Å²) in [6, 6.07) is 5.73. The van der Waals surface area contributed by atoms with Gasteiger partial charge in [-0.1, -0.05) is 19.1 Å². The van der Waals surface area contributed by atoms with Crippen molar-refractivity contribution in [3.63, 3.8) is 0 Å². The molecular formula is C20H25N3O3. The lowest BCUT2D eigenvalue weighted by molar-refractivity contribution is 0.0747. The van der Waals surface area contributed by atoms with Gasteiger partial charge in [0, 0.05) is 18.2 Å². The quantitative estimate of drug-likeness (QED) is 0.831. The molecule has 1 aliphatic heterocycles. The summed E-state index contributed by atoms with van der Waals surface area (Å²) in [5.41, 5.74) is 2.00. The molecule has 1 aromatic heterocycles. The predicted octanol–water partition coefficient (Wildman–Crippen LogP) is 2.60. The molecule has 2 aliphatic rings. The van der Waals surface area contributed by atoms with Gasteiger partial charge in [0.05, 0.1) is 23.2 Å². The van der Waals surface area contributed by atoms with Gasteiger partial charge in [0.15, 0.2) is 0 Å². The molecule has 0 bridgehead atoms. The minimum atomic E-state index is -0.253. The number of carbonyl (C=O) groups is 1. The van der Waals surface area contributed by atoms with Crippen molar-refractivity contribution in [2.75, 3.05) is 6.54 Å². The molecule has 0 spiro atoms. The molecule has 1 fully saturated rings. The van der Waals surface area contributed by atoms with E-state index >= 15 is 0 Å². The molecule has 4 rings (SSSR count). The Kier molecular flexibility index (Phi) is 4.44. The number of amides is 1.